The lowest BCUT2D eigenvalue weighted by Crippen LogP contribution is -2.45. The van der Waals surface area contributed by atoms with Crippen molar-refractivity contribution in [3.63, 3.8) is 0 Å². The Morgan fingerprint density at radius 1 is 1.33 bits per heavy atom. The fourth-order valence-electron chi connectivity index (χ4n) is 2.46. The van der Waals surface area contributed by atoms with Crippen molar-refractivity contribution in [2.75, 3.05) is 5.75 Å². The minimum Gasteiger partial charge on any atom is -0.478 e. The van der Waals surface area contributed by atoms with Gasteiger partial charge in [0.15, 0.2) is 0 Å². The third-order valence-corrected chi connectivity index (χ3v) is 4.60. The largest absolute Gasteiger partial charge is 0.478 e. The Morgan fingerprint density at radius 2 is 2.00 bits per heavy atom. The number of amides is 1. The lowest BCUT2D eigenvalue weighted by atomic mass is 10.0. The maximum absolute atomic E-state index is 12.0. The Kier molecular flexibility index (Phi) is 4.86. The van der Waals surface area contributed by atoms with E-state index in [1.807, 2.05) is 0 Å². The maximum Gasteiger partial charge on any atom is 0.336 e. The van der Waals surface area contributed by atoms with E-state index in [1.165, 1.54) is 17.8 Å². The number of carbonyl (C=O) groups is 2. The van der Waals surface area contributed by atoms with Gasteiger partial charge in [-0.25, -0.2) is 4.79 Å². The summed E-state index contributed by atoms with van der Waals surface area (Å²) < 4.78 is 0. The fraction of sp³-hybridized carbons (Fsp3) is 0.400. The normalized spacial score (nSPS) is 16.1. The molecule has 5 nitrogen and oxygen atoms in total. The summed E-state index contributed by atoms with van der Waals surface area (Å²) in [4.78, 5) is 23.6. The van der Waals surface area contributed by atoms with Gasteiger partial charge in [-0.15, -0.1) is 11.8 Å². The number of carboxylic acid groups (broad SMARTS) is 1. The van der Waals surface area contributed by atoms with E-state index in [-0.39, 0.29) is 17.2 Å². The molecule has 1 amide bonds. The number of thioether (sulfide) groups is 1. The number of carboxylic acids is 1. The monoisotopic (exact) mass is 304 g/mol. The molecule has 0 atom stereocenters. The molecule has 1 saturated carbocycles. The second-order valence-corrected chi connectivity index (χ2v) is 6.06. The molecule has 1 aromatic carbocycles. The highest BCUT2D eigenvalue weighted by Crippen LogP contribution is 2.29. The van der Waals surface area contributed by atoms with Crippen LogP contribution in [-0.4, -0.2) is 28.3 Å². The number of carbonyl (C=O) groups excluding carboxylic acids is 1. The van der Waals surface area contributed by atoms with Crippen molar-refractivity contribution in [1.29, 1.82) is 5.26 Å². The lowest BCUT2D eigenvalue weighted by molar-refractivity contribution is -0.119. The van der Waals surface area contributed by atoms with Crippen LogP contribution in [0.1, 0.15) is 36.0 Å². The molecule has 0 aromatic heterocycles. The molecule has 2 N–H and O–H groups in total. The number of hydrogen-bond acceptors (Lipinski definition) is 4. The first-order valence-corrected chi connectivity index (χ1v) is 7.72. The molecular formula is C15H16N2O3S. The molecule has 2 rings (SSSR count). The number of nitrogens with one attached hydrogen (secondary N) is 1. The molecule has 0 radical (unpaired) electrons. The minimum atomic E-state index is -1.01. The van der Waals surface area contributed by atoms with E-state index in [1.54, 1.807) is 18.2 Å². The topological polar surface area (TPSA) is 90.2 Å². The average molecular weight is 304 g/mol. The SMILES string of the molecule is N#CC1(NC(=O)CSc2ccccc2C(=O)O)CCCC1. The van der Waals surface area contributed by atoms with Crippen LogP contribution in [0.15, 0.2) is 29.2 Å². The second kappa shape index (κ2) is 6.64. The van der Waals surface area contributed by atoms with E-state index in [0.717, 1.165) is 12.8 Å². The summed E-state index contributed by atoms with van der Waals surface area (Å²) in [5.41, 5.74) is -0.546. The number of nitrogens with zero attached hydrogens (tertiary/aromatic N) is 1. The standard InChI is InChI=1S/C15H16N2O3S/c16-10-15(7-3-4-8-15)17-13(18)9-21-12-6-2-1-5-11(12)14(19)20/h1-2,5-6H,3-4,7-9H2,(H,17,18)(H,19,20). The van der Waals surface area contributed by atoms with Gasteiger partial charge in [0.2, 0.25) is 5.91 Å². The second-order valence-electron chi connectivity index (χ2n) is 5.04. The van der Waals surface area contributed by atoms with Crippen LogP contribution in [0.4, 0.5) is 0 Å². The van der Waals surface area contributed by atoms with Crippen LogP contribution < -0.4 is 5.32 Å². The summed E-state index contributed by atoms with van der Waals surface area (Å²) in [6, 6.07) is 8.77. The highest BCUT2D eigenvalue weighted by atomic mass is 32.2. The molecule has 0 heterocycles. The van der Waals surface area contributed by atoms with Crippen LogP contribution in [0.3, 0.4) is 0 Å². The van der Waals surface area contributed by atoms with E-state index in [2.05, 4.69) is 11.4 Å². The van der Waals surface area contributed by atoms with Gasteiger partial charge < -0.3 is 10.4 Å². The van der Waals surface area contributed by atoms with Gasteiger partial charge in [0.1, 0.15) is 5.54 Å². The number of hydrogen-bond donors (Lipinski definition) is 2. The molecule has 6 heteroatoms. The van der Waals surface area contributed by atoms with Crippen molar-refractivity contribution in [2.24, 2.45) is 0 Å². The third-order valence-electron chi connectivity index (χ3n) is 3.53. The zero-order valence-electron chi connectivity index (χ0n) is 11.5. The summed E-state index contributed by atoms with van der Waals surface area (Å²) in [5, 5.41) is 21.1. The van der Waals surface area contributed by atoms with Crippen LogP contribution in [-0.2, 0) is 4.79 Å². The van der Waals surface area contributed by atoms with Crippen molar-refractivity contribution in [3.8, 4) is 6.07 Å². The Morgan fingerprint density at radius 3 is 2.62 bits per heavy atom. The summed E-state index contributed by atoms with van der Waals surface area (Å²) in [5.74, 6) is -1.14. The number of nitriles is 1. The first-order valence-electron chi connectivity index (χ1n) is 6.74. The Bertz CT molecular complexity index is 589. The van der Waals surface area contributed by atoms with Gasteiger partial charge >= 0.3 is 5.97 Å². The predicted molar refractivity (Wildman–Crippen MR) is 79.1 cm³/mol. The zero-order valence-corrected chi connectivity index (χ0v) is 12.3. The summed E-state index contributed by atoms with van der Waals surface area (Å²) in [6.45, 7) is 0. The first-order chi connectivity index (χ1) is 10.1. The van der Waals surface area contributed by atoms with Crippen molar-refractivity contribution >= 4 is 23.6 Å². The molecule has 21 heavy (non-hydrogen) atoms. The fourth-order valence-corrected chi connectivity index (χ4v) is 3.30. The smallest absolute Gasteiger partial charge is 0.336 e. The Balaban J connectivity index is 1.96. The molecule has 0 bridgehead atoms. The molecule has 0 aliphatic heterocycles. The van der Waals surface area contributed by atoms with Gasteiger partial charge in [0, 0.05) is 4.90 Å². The molecular weight excluding hydrogens is 288 g/mol. The lowest BCUT2D eigenvalue weighted by Gasteiger charge is -2.21. The number of aromatic carboxylic acids is 1. The first kappa shape index (κ1) is 15.4. The quantitative estimate of drug-likeness (QED) is 0.815. The van der Waals surface area contributed by atoms with Crippen LogP contribution in [0, 0.1) is 11.3 Å². The molecule has 0 saturated heterocycles. The average Bonchev–Trinajstić information content (AvgIpc) is 2.94. The van der Waals surface area contributed by atoms with Crippen molar-refractivity contribution in [2.45, 2.75) is 36.1 Å². The Labute approximate surface area is 127 Å². The highest BCUT2D eigenvalue weighted by molar-refractivity contribution is 8.00. The number of benzene rings is 1. The van der Waals surface area contributed by atoms with Gasteiger partial charge in [-0.05, 0) is 37.8 Å². The van der Waals surface area contributed by atoms with Crippen LogP contribution in [0.5, 0.6) is 0 Å². The van der Waals surface area contributed by atoms with Gasteiger partial charge in [-0.1, -0.05) is 12.1 Å². The van der Waals surface area contributed by atoms with E-state index < -0.39 is 11.5 Å². The highest BCUT2D eigenvalue weighted by Gasteiger charge is 2.35. The van der Waals surface area contributed by atoms with E-state index in [0.29, 0.717) is 17.7 Å². The molecule has 110 valence electrons. The van der Waals surface area contributed by atoms with Gasteiger partial charge in [0.25, 0.3) is 0 Å². The predicted octanol–water partition coefficient (Wildman–Crippen LogP) is 2.43. The Hall–Kier alpha value is -2.00. The number of rotatable bonds is 5. The molecule has 0 spiro atoms. The molecule has 1 aromatic rings. The van der Waals surface area contributed by atoms with Crippen LogP contribution in [0.2, 0.25) is 0 Å². The van der Waals surface area contributed by atoms with Crippen molar-refractivity contribution in [3.05, 3.63) is 29.8 Å². The van der Waals surface area contributed by atoms with E-state index in [4.69, 9.17) is 5.11 Å². The van der Waals surface area contributed by atoms with Crippen LogP contribution in [0.25, 0.3) is 0 Å². The third kappa shape index (κ3) is 3.76. The summed E-state index contributed by atoms with van der Waals surface area (Å²) in [7, 11) is 0. The summed E-state index contributed by atoms with van der Waals surface area (Å²) in [6.07, 6.45) is 3.27. The van der Waals surface area contributed by atoms with Crippen molar-refractivity contribution < 1.29 is 14.7 Å². The van der Waals surface area contributed by atoms with E-state index >= 15 is 0 Å². The molecule has 1 aliphatic carbocycles. The minimum absolute atomic E-state index is 0.105. The van der Waals surface area contributed by atoms with Crippen molar-refractivity contribution in [1.82, 2.24) is 5.32 Å². The van der Waals surface area contributed by atoms with Gasteiger partial charge in [-0.3, -0.25) is 4.79 Å². The van der Waals surface area contributed by atoms with Gasteiger partial charge in [-0.2, -0.15) is 5.26 Å². The van der Waals surface area contributed by atoms with E-state index in [9.17, 15) is 14.9 Å². The molecule has 1 fully saturated rings. The zero-order chi connectivity index (χ0) is 15.3. The van der Waals surface area contributed by atoms with Gasteiger partial charge in [0.05, 0.1) is 17.4 Å². The summed E-state index contributed by atoms with van der Waals surface area (Å²) >= 11 is 1.17. The maximum atomic E-state index is 12.0. The van der Waals surface area contributed by atoms with Crippen LogP contribution >= 0.6 is 11.8 Å². The molecule has 1 aliphatic rings. The molecule has 0 unspecified atom stereocenters.